The molecule has 0 fully saturated rings. The van der Waals surface area contributed by atoms with Gasteiger partial charge in [-0.25, -0.2) is 5.43 Å². The monoisotopic (exact) mass is 357 g/mol. The van der Waals surface area contributed by atoms with Crippen LogP contribution in [0, 0.1) is 0 Å². The molecule has 0 radical (unpaired) electrons. The molecule has 1 heterocycles. The van der Waals surface area contributed by atoms with E-state index < -0.39 is 11.7 Å². The van der Waals surface area contributed by atoms with Gasteiger partial charge in [-0.1, -0.05) is 12.1 Å². The van der Waals surface area contributed by atoms with Gasteiger partial charge in [0.25, 0.3) is 0 Å². The van der Waals surface area contributed by atoms with Crippen molar-refractivity contribution in [1.82, 2.24) is 16.2 Å². The molecule has 0 aliphatic heterocycles. The van der Waals surface area contributed by atoms with E-state index in [9.17, 15) is 18.0 Å². The molecule has 0 aliphatic rings. The molecular formula is C15H14F3N3O2S. The lowest BCUT2D eigenvalue weighted by atomic mass is 10.1. The van der Waals surface area contributed by atoms with Crippen molar-refractivity contribution in [2.75, 3.05) is 6.54 Å². The van der Waals surface area contributed by atoms with Crippen molar-refractivity contribution in [3.05, 3.63) is 47.7 Å². The molecule has 3 N–H and O–H groups in total. The van der Waals surface area contributed by atoms with Crippen LogP contribution in [0.2, 0.25) is 0 Å². The minimum absolute atomic E-state index is 0.0912. The van der Waals surface area contributed by atoms with E-state index in [0.717, 1.165) is 12.1 Å². The number of nitrogens with one attached hydrogen (secondary N) is 3. The van der Waals surface area contributed by atoms with Gasteiger partial charge in [0.1, 0.15) is 17.8 Å². The SMILES string of the molecule is O=CCNC(=S)NNCc1ccc(-c2cccc(C(F)(F)F)c2)o1. The van der Waals surface area contributed by atoms with Crippen LogP contribution in [-0.2, 0) is 17.5 Å². The Morgan fingerprint density at radius 3 is 2.75 bits per heavy atom. The standard InChI is InChI=1S/C15H14F3N3O2S/c16-15(17,18)11-3-1-2-10(8-11)13-5-4-12(23-13)9-20-21-14(24)19-6-7-22/h1-5,7-8,20H,6,9H2,(H2,19,21,24). The number of aldehydes is 1. The lowest BCUT2D eigenvalue weighted by Crippen LogP contribution is -2.44. The van der Waals surface area contributed by atoms with Crippen molar-refractivity contribution in [3.63, 3.8) is 0 Å². The summed E-state index contributed by atoms with van der Waals surface area (Å²) in [5.74, 6) is 0.840. The maximum atomic E-state index is 12.7. The second kappa shape index (κ2) is 7.93. The van der Waals surface area contributed by atoms with Crippen LogP contribution in [0.4, 0.5) is 13.2 Å². The van der Waals surface area contributed by atoms with Crippen LogP contribution in [0.3, 0.4) is 0 Å². The summed E-state index contributed by atoms with van der Waals surface area (Å²) in [4.78, 5) is 10.2. The molecular weight excluding hydrogens is 343 g/mol. The molecule has 2 aromatic rings. The maximum Gasteiger partial charge on any atom is 0.416 e. The number of hydrazine groups is 1. The van der Waals surface area contributed by atoms with Crippen molar-refractivity contribution in [2.24, 2.45) is 0 Å². The highest BCUT2D eigenvalue weighted by Gasteiger charge is 2.30. The predicted octanol–water partition coefficient (Wildman–Crippen LogP) is 2.63. The lowest BCUT2D eigenvalue weighted by Gasteiger charge is -2.08. The van der Waals surface area contributed by atoms with Gasteiger partial charge < -0.3 is 14.5 Å². The number of alkyl halides is 3. The molecule has 0 aliphatic carbocycles. The van der Waals surface area contributed by atoms with E-state index in [-0.39, 0.29) is 18.2 Å². The van der Waals surface area contributed by atoms with Crippen molar-refractivity contribution in [2.45, 2.75) is 12.7 Å². The van der Waals surface area contributed by atoms with Crippen LogP contribution in [0.5, 0.6) is 0 Å². The highest BCUT2D eigenvalue weighted by molar-refractivity contribution is 7.80. The van der Waals surface area contributed by atoms with E-state index in [0.29, 0.717) is 23.4 Å². The highest BCUT2D eigenvalue weighted by Crippen LogP contribution is 2.32. The normalized spacial score (nSPS) is 11.1. The van der Waals surface area contributed by atoms with Crippen molar-refractivity contribution in [1.29, 1.82) is 0 Å². The van der Waals surface area contributed by atoms with Crippen LogP contribution < -0.4 is 16.2 Å². The van der Waals surface area contributed by atoms with Crippen LogP contribution in [0.1, 0.15) is 11.3 Å². The Morgan fingerprint density at radius 1 is 1.25 bits per heavy atom. The topological polar surface area (TPSA) is 66.3 Å². The molecule has 128 valence electrons. The first kappa shape index (κ1) is 18.0. The minimum Gasteiger partial charge on any atom is -0.460 e. The first-order valence-corrected chi connectivity index (χ1v) is 7.27. The first-order valence-electron chi connectivity index (χ1n) is 6.87. The van der Waals surface area contributed by atoms with Crippen LogP contribution >= 0.6 is 12.2 Å². The van der Waals surface area contributed by atoms with Gasteiger partial charge in [0, 0.05) is 5.56 Å². The third-order valence-electron chi connectivity index (χ3n) is 2.95. The van der Waals surface area contributed by atoms with Crippen LogP contribution in [-0.4, -0.2) is 17.9 Å². The summed E-state index contributed by atoms with van der Waals surface area (Å²) in [5.41, 5.74) is 5.02. The summed E-state index contributed by atoms with van der Waals surface area (Å²) in [7, 11) is 0. The fourth-order valence-electron chi connectivity index (χ4n) is 1.87. The smallest absolute Gasteiger partial charge is 0.416 e. The van der Waals surface area contributed by atoms with Gasteiger partial charge in [-0.2, -0.15) is 13.2 Å². The van der Waals surface area contributed by atoms with E-state index >= 15 is 0 Å². The van der Waals surface area contributed by atoms with Gasteiger partial charge in [0.05, 0.1) is 18.7 Å². The second-order valence-corrected chi connectivity index (χ2v) is 5.11. The van der Waals surface area contributed by atoms with E-state index in [1.807, 2.05) is 0 Å². The number of benzene rings is 1. The van der Waals surface area contributed by atoms with E-state index in [2.05, 4.69) is 16.2 Å². The number of carbonyl (C=O) groups is 1. The summed E-state index contributed by atoms with van der Waals surface area (Å²) in [6, 6.07) is 8.15. The second-order valence-electron chi connectivity index (χ2n) is 4.70. The molecule has 0 atom stereocenters. The van der Waals surface area contributed by atoms with Gasteiger partial charge in [0.2, 0.25) is 0 Å². The molecule has 0 bridgehead atoms. The Bertz CT molecular complexity index is 716. The summed E-state index contributed by atoms with van der Waals surface area (Å²) >= 11 is 4.89. The molecule has 1 aromatic heterocycles. The molecule has 0 spiro atoms. The molecule has 0 saturated carbocycles. The minimum atomic E-state index is -4.40. The molecule has 24 heavy (non-hydrogen) atoms. The Morgan fingerprint density at radius 2 is 2.04 bits per heavy atom. The summed E-state index contributed by atoms with van der Waals surface area (Å²) in [6.45, 7) is 0.343. The molecule has 0 amide bonds. The molecule has 1 aromatic carbocycles. The number of thiocarbonyl (C=S) groups is 1. The Balaban J connectivity index is 1.96. The highest BCUT2D eigenvalue weighted by atomic mass is 32.1. The summed E-state index contributed by atoms with van der Waals surface area (Å²) < 4.78 is 43.7. The van der Waals surface area contributed by atoms with Gasteiger partial charge in [-0.05, 0) is 36.5 Å². The van der Waals surface area contributed by atoms with E-state index in [1.165, 1.54) is 6.07 Å². The molecule has 0 saturated heterocycles. The fraction of sp³-hybridized carbons (Fsp3) is 0.200. The quantitative estimate of drug-likeness (QED) is 0.420. The molecule has 2 rings (SSSR count). The Hall–Kier alpha value is -2.39. The van der Waals surface area contributed by atoms with Crippen LogP contribution in [0.25, 0.3) is 11.3 Å². The fourth-order valence-corrected chi connectivity index (χ4v) is 2.02. The largest absolute Gasteiger partial charge is 0.460 e. The number of halogens is 3. The third kappa shape index (κ3) is 5.07. The van der Waals surface area contributed by atoms with Crippen LogP contribution in [0.15, 0.2) is 40.8 Å². The number of hydrogen-bond donors (Lipinski definition) is 3. The van der Waals surface area contributed by atoms with Crippen molar-refractivity contribution in [3.8, 4) is 11.3 Å². The Kier molecular flexibility index (Phi) is 5.93. The molecule has 5 nitrogen and oxygen atoms in total. The zero-order valence-electron chi connectivity index (χ0n) is 12.3. The van der Waals surface area contributed by atoms with E-state index in [4.69, 9.17) is 16.6 Å². The summed E-state index contributed by atoms with van der Waals surface area (Å²) in [5, 5.41) is 2.86. The average Bonchev–Trinajstić information content (AvgIpc) is 3.01. The molecule has 0 unspecified atom stereocenters. The molecule has 9 heteroatoms. The lowest BCUT2D eigenvalue weighted by molar-refractivity contribution is -0.137. The van der Waals surface area contributed by atoms with Crippen molar-refractivity contribution >= 4 is 23.6 Å². The number of hydrogen-bond acceptors (Lipinski definition) is 4. The zero-order chi connectivity index (χ0) is 17.6. The number of rotatable bonds is 6. The van der Waals surface area contributed by atoms with Gasteiger partial charge in [-0.15, -0.1) is 0 Å². The van der Waals surface area contributed by atoms with Gasteiger partial charge in [-0.3, -0.25) is 5.43 Å². The first-order chi connectivity index (χ1) is 11.4. The number of carbonyl (C=O) groups excluding carboxylic acids is 1. The zero-order valence-corrected chi connectivity index (χ0v) is 13.1. The van der Waals surface area contributed by atoms with E-state index in [1.54, 1.807) is 18.2 Å². The predicted molar refractivity (Wildman–Crippen MR) is 85.8 cm³/mol. The maximum absolute atomic E-state index is 12.7. The van der Waals surface area contributed by atoms with Gasteiger partial charge in [0.15, 0.2) is 5.11 Å². The van der Waals surface area contributed by atoms with Crippen molar-refractivity contribution < 1.29 is 22.4 Å². The summed E-state index contributed by atoms with van der Waals surface area (Å²) in [6.07, 6.45) is -3.73. The third-order valence-corrected chi connectivity index (χ3v) is 3.19. The average molecular weight is 357 g/mol. The number of furan rings is 1. The van der Waals surface area contributed by atoms with Gasteiger partial charge >= 0.3 is 6.18 Å². The Labute approximate surface area is 141 Å².